The van der Waals surface area contributed by atoms with Gasteiger partial charge in [0.2, 0.25) is 0 Å². The molecule has 5 nitrogen and oxygen atoms in total. The number of piperidine rings is 1. The van der Waals surface area contributed by atoms with Gasteiger partial charge in [-0.05, 0) is 77.8 Å². The van der Waals surface area contributed by atoms with E-state index in [0.29, 0.717) is 19.8 Å². The molecule has 0 aromatic heterocycles. The van der Waals surface area contributed by atoms with Crippen LogP contribution in [0.5, 0.6) is 0 Å². The van der Waals surface area contributed by atoms with Crippen molar-refractivity contribution >= 4 is 17.0 Å². The molecule has 29 heavy (non-hydrogen) atoms. The molecule has 1 fully saturated rings. The van der Waals surface area contributed by atoms with E-state index < -0.39 is 17.0 Å². The van der Waals surface area contributed by atoms with Gasteiger partial charge in [-0.15, -0.1) is 0 Å². The van der Waals surface area contributed by atoms with Gasteiger partial charge in [0, 0.05) is 39.0 Å². The second kappa shape index (κ2) is 15.1. The summed E-state index contributed by atoms with van der Waals surface area (Å²) in [4.78, 5) is 2.69. The van der Waals surface area contributed by atoms with Crippen LogP contribution in [0.2, 0.25) is 24.2 Å². The van der Waals surface area contributed by atoms with Gasteiger partial charge in [0.05, 0.1) is 0 Å². The van der Waals surface area contributed by atoms with Gasteiger partial charge in [0.1, 0.15) is 8.24 Å². The molecule has 174 valence electrons. The highest BCUT2D eigenvalue weighted by Crippen LogP contribution is 2.27. The first-order valence-electron chi connectivity index (χ1n) is 12.4. The van der Waals surface area contributed by atoms with E-state index in [1.165, 1.54) is 63.6 Å². The van der Waals surface area contributed by atoms with E-state index in [-0.39, 0.29) is 0 Å². The molecule has 0 saturated carbocycles. The van der Waals surface area contributed by atoms with Gasteiger partial charge in [-0.3, -0.25) is 0 Å². The summed E-state index contributed by atoms with van der Waals surface area (Å²) in [6.45, 7) is 21.6. The Morgan fingerprint density at radius 3 is 1.69 bits per heavy atom. The minimum Gasteiger partial charge on any atom is -0.374 e. The van der Waals surface area contributed by atoms with Gasteiger partial charge in [-0.25, -0.2) is 0 Å². The van der Waals surface area contributed by atoms with Gasteiger partial charge >= 0.3 is 8.80 Å². The lowest BCUT2D eigenvalue weighted by Gasteiger charge is -2.42. The van der Waals surface area contributed by atoms with Gasteiger partial charge in [0.15, 0.2) is 0 Å². The van der Waals surface area contributed by atoms with Crippen molar-refractivity contribution in [3.05, 3.63) is 0 Å². The van der Waals surface area contributed by atoms with Crippen LogP contribution in [0.1, 0.15) is 67.2 Å². The first kappa shape index (κ1) is 27.3. The topological polar surface area (TPSA) is 34.2 Å². The fraction of sp³-hybridized carbons (Fsp3) is 1.00. The standard InChI is InChI=1S/C22H50N2O3Si2/c1-7-25-29(26-8-2,27-9-3)22-16-19-24(28(10-4,11-5)12-6)21-20-23-17-14-13-15-18-23/h7-22H2,1-6H3. The summed E-state index contributed by atoms with van der Waals surface area (Å²) in [5, 5.41) is 0. The summed E-state index contributed by atoms with van der Waals surface area (Å²) in [6, 6.07) is 4.99. The lowest BCUT2D eigenvalue weighted by molar-refractivity contribution is 0.0703. The molecule has 1 aliphatic rings. The molecule has 0 unspecified atom stereocenters. The molecule has 1 aliphatic heterocycles. The molecule has 0 spiro atoms. The summed E-state index contributed by atoms with van der Waals surface area (Å²) in [5.74, 6) is 0. The van der Waals surface area contributed by atoms with E-state index in [2.05, 4.69) is 30.2 Å². The van der Waals surface area contributed by atoms with Gasteiger partial charge in [0.25, 0.3) is 0 Å². The minimum atomic E-state index is -2.53. The first-order valence-corrected chi connectivity index (χ1v) is 16.9. The molecule has 0 aromatic rings. The zero-order valence-corrected chi connectivity index (χ0v) is 22.4. The van der Waals surface area contributed by atoms with E-state index in [4.69, 9.17) is 13.3 Å². The highest BCUT2D eigenvalue weighted by atomic mass is 28.4. The number of rotatable bonds is 17. The zero-order valence-electron chi connectivity index (χ0n) is 20.4. The highest BCUT2D eigenvalue weighted by molar-refractivity contribution is 6.77. The van der Waals surface area contributed by atoms with Gasteiger partial charge in [-0.1, -0.05) is 27.2 Å². The SMILES string of the molecule is CCO[Si](CCCN(CCN1CCCCC1)[Si](CC)(CC)CC)(OCC)OCC. The maximum Gasteiger partial charge on any atom is 0.500 e. The van der Waals surface area contributed by atoms with E-state index in [1.54, 1.807) is 0 Å². The Morgan fingerprint density at radius 2 is 1.24 bits per heavy atom. The van der Waals surface area contributed by atoms with Crippen molar-refractivity contribution < 1.29 is 13.3 Å². The first-order chi connectivity index (χ1) is 14.0. The summed E-state index contributed by atoms with van der Waals surface area (Å²) in [7, 11) is -3.91. The Kier molecular flexibility index (Phi) is 14.2. The zero-order chi connectivity index (χ0) is 21.6. The van der Waals surface area contributed by atoms with Crippen molar-refractivity contribution in [3.8, 4) is 0 Å². The molecular weight excluding hydrogens is 396 g/mol. The fourth-order valence-corrected chi connectivity index (χ4v) is 11.6. The van der Waals surface area contributed by atoms with Crippen molar-refractivity contribution in [2.45, 2.75) is 91.4 Å². The Balaban J connectivity index is 2.78. The van der Waals surface area contributed by atoms with Crippen LogP contribution in [0.15, 0.2) is 0 Å². The third kappa shape index (κ3) is 8.71. The Bertz CT molecular complexity index is 380. The Morgan fingerprint density at radius 1 is 0.724 bits per heavy atom. The molecular formula is C22H50N2O3Si2. The quantitative estimate of drug-likeness (QED) is 0.286. The third-order valence-corrected chi connectivity index (χ3v) is 15.7. The maximum atomic E-state index is 6.09. The second-order valence-corrected chi connectivity index (χ2v) is 16.2. The third-order valence-electron chi connectivity index (χ3n) is 6.78. The van der Waals surface area contributed by atoms with Crippen LogP contribution in [0.3, 0.4) is 0 Å². The van der Waals surface area contributed by atoms with E-state index in [9.17, 15) is 0 Å². The number of hydrogen-bond acceptors (Lipinski definition) is 5. The maximum absolute atomic E-state index is 6.09. The summed E-state index contributed by atoms with van der Waals surface area (Å²) in [5.41, 5.74) is 0. The molecule has 7 heteroatoms. The van der Waals surface area contributed by atoms with Crippen molar-refractivity contribution in [2.24, 2.45) is 0 Å². The summed E-state index contributed by atoms with van der Waals surface area (Å²) in [6.07, 6.45) is 5.28. The molecule has 0 bridgehead atoms. The highest BCUT2D eigenvalue weighted by Gasteiger charge is 2.41. The number of hydrogen-bond donors (Lipinski definition) is 0. The van der Waals surface area contributed by atoms with Crippen LogP contribution in [-0.2, 0) is 13.3 Å². The fourth-order valence-electron chi connectivity index (χ4n) is 4.94. The summed E-state index contributed by atoms with van der Waals surface area (Å²) >= 11 is 0. The Labute approximate surface area is 183 Å². The predicted octanol–water partition coefficient (Wildman–Crippen LogP) is 5.22. The van der Waals surface area contributed by atoms with E-state index in [0.717, 1.165) is 19.0 Å². The van der Waals surface area contributed by atoms with Crippen LogP contribution in [0.4, 0.5) is 0 Å². The van der Waals surface area contributed by atoms with Crippen molar-refractivity contribution in [1.82, 2.24) is 9.47 Å². The van der Waals surface area contributed by atoms with Gasteiger partial charge in [-0.2, -0.15) is 0 Å². The largest absolute Gasteiger partial charge is 0.500 e. The second-order valence-electron chi connectivity index (χ2n) is 8.26. The molecule has 0 aliphatic carbocycles. The minimum absolute atomic E-state index is 0.669. The molecule has 0 radical (unpaired) electrons. The summed E-state index contributed by atoms with van der Waals surface area (Å²) < 4.78 is 21.2. The predicted molar refractivity (Wildman–Crippen MR) is 129 cm³/mol. The molecule has 1 heterocycles. The van der Waals surface area contributed by atoms with Crippen molar-refractivity contribution in [1.29, 1.82) is 0 Å². The van der Waals surface area contributed by atoms with Crippen molar-refractivity contribution in [3.63, 3.8) is 0 Å². The van der Waals surface area contributed by atoms with E-state index in [1.807, 2.05) is 20.8 Å². The van der Waals surface area contributed by atoms with Crippen LogP contribution in [0, 0.1) is 0 Å². The smallest absolute Gasteiger partial charge is 0.374 e. The van der Waals surface area contributed by atoms with Crippen LogP contribution in [0.25, 0.3) is 0 Å². The molecule has 1 saturated heterocycles. The van der Waals surface area contributed by atoms with Gasteiger partial charge < -0.3 is 22.7 Å². The molecule has 0 atom stereocenters. The van der Waals surface area contributed by atoms with Crippen LogP contribution in [-0.4, -0.2) is 79.0 Å². The van der Waals surface area contributed by atoms with Crippen LogP contribution < -0.4 is 0 Å². The van der Waals surface area contributed by atoms with Crippen molar-refractivity contribution in [2.75, 3.05) is 52.5 Å². The molecule has 1 rings (SSSR count). The van der Waals surface area contributed by atoms with Crippen LogP contribution >= 0.6 is 0 Å². The lowest BCUT2D eigenvalue weighted by atomic mass is 10.1. The molecule has 0 N–H and O–H groups in total. The average Bonchev–Trinajstić information content (AvgIpc) is 2.74. The molecule has 0 aromatic carbocycles. The monoisotopic (exact) mass is 446 g/mol. The van der Waals surface area contributed by atoms with E-state index >= 15 is 0 Å². The normalized spacial score (nSPS) is 16.7. The Hall–Kier alpha value is 0.234. The molecule has 0 amide bonds. The lowest BCUT2D eigenvalue weighted by Crippen LogP contribution is -2.55. The average molecular weight is 447 g/mol. The number of nitrogens with zero attached hydrogens (tertiary/aromatic N) is 2. The number of likely N-dealkylation sites (tertiary alicyclic amines) is 1.